The van der Waals surface area contributed by atoms with Crippen molar-refractivity contribution in [3.05, 3.63) is 74.5 Å². The molecule has 0 N–H and O–H groups in total. The Bertz CT molecular complexity index is 999. The lowest BCUT2D eigenvalue weighted by Gasteiger charge is -2.42. The van der Waals surface area contributed by atoms with Crippen LogP contribution in [0.3, 0.4) is 0 Å². The van der Waals surface area contributed by atoms with Crippen molar-refractivity contribution < 1.29 is 9.18 Å². The van der Waals surface area contributed by atoms with E-state index in [9.17, 15) is 14.4 Å². The quantitative estimate of drug-likeness (QED) is 0.639. The van der Waals surface area contributed by atoms with Crippen molar-refractivity contribution in [1.82, 2.24) is 4.90 Å². The van der Waals surface area contributed by atoms with Gasteiger partial charge in [0.15, 0.2) is 0 Å². The molecule has 1 fully saturated rings. The Balaban J connectivity index is 1.70. The zero-order valence-corrected chi connectivity index (χ0v) is 16.9. The Morgan fingerprint density at radius 2 is 1.82 bits per heavy atom. The van der Waals surface area contributed by atoms with Gasteiger partial charge in [-0.05, 0) is 42.0 Å². The summed E-state index contributed by atoms with van der Waals surface area (Å²) >= 11 is 14.1. The summed E-state index contributed by atoms with van der Waals surface area (Å²) in [4.78, 5) is 16.5. The van der Waals surface area contributed by atoms with Crippen LogP contribution in [-0.4, -0.2) is 23.4 Å². The predicted octanol–water partition coefficient (Wildman–Crippen LogP) is 5.35. The van der Waals surface area contributed by atoms with E-state index in [1.807, 2.05) is 4.90 Å². The van der Waals surface area contributed by atoms with Gasteiger partial charge in [0.05, 0.1) is 29.2 Å². The van der Waals surface area contributed by atoms with Crippen LogP contribution in [0.2, 0.25) is 10.0 Å². The first kappa shape index (κ1) is 19.1. The molecule has 0 saturated carbocycles. The van der Waals surface area contributed by atoms with Crippen LogP contribution >= 0.6 is 35.0 Å². The SMILES string of the molecule is N#CC1=C2SCN(c3ccc(F)cc3)CN2C(=O)C[C@@H]1c1c(Cl)cccc1Cl. The summed E-state index contributed by atoms with van der Waals surface area (Å²) in [6, 6.07) is 13.6. The summed E-state index contributed by atoms with van der Waals surface area (Å²) in [6.45, 7) is 0.307. The third kappa shape index (κ3) is 3.35. The van der Waals surface area contributed by atoms with Gasteiger partial charge in [-0.15, -0.1) is 0 Å². The maximum Gasteiger partial charge on any atom is 0.229 e. The molecule has 2 aromatic rings. The highest BCUT2D eigenvalue weighted by Gasteiger charge is 2.39. The molecule has 2 aliphatic heterocycles. The van der Waals surface area contributed by atoms with Crippen LogP contribution in [0.5, 0.6) is 0 Å². The minimum Gasteiger partial charge on any atom is -0.344 e. The van der Waals surface area contributed by atoms with E-state index >= 15 is 0 Å². The number of anilines is 1. The first-order valence-electron chi connectivity index (χ1n) is 8.51. The van der Waals surface area contributed by atoms with Crippen LogP contribution in [0.1, 0.15) is 17.9 Å². The number of nitrogens with zero attached hydrogens (tertiary/aromatic N) is 3. The number of carbonyl (C=O) groups is 1. The number of hydrogen-bond donors (Lipinski definition) is 0. The molecule has 4 rings (SSSR count). The van der Waals surface area contributed by atoms with Crippen molar-refractivity contribution in [2.75, 3.05) is 17.4 Å². The Morgan fingerprint density at radius 1 is 1.14 bits per heavy atom. The average Bonchev–Trinajstić information content (AvgIpc) is 2.68. The molecular weight excluding hydrogens is 420 g/mol. The third-order valence-electron chi connectivity index (χ3n) is 4.83. The number of rotatable bonds is 2. The number of allylic oxidation sites excluding steroid dienone is 1. The third-order valence-corrected chi connectivity index (χ3v) is 6.65. The predicted molar refractivity (Wildman–Crippen MR) is 110 cm³/mol. The van der Waals surface area contributed by atoms with E-state index in [-0.39, 0.29) is 18.1 Å². The highest BCUT2D eigenvalue weighted by molar-refractivity contribution is 8.03. The maximum absolute atomic E-state index is 13.2. The summed E-state index contributed by atoms with van der Waals surface area (Å²) in [5.41, 5.74) is 1.93. The molecule has 0 aliphatic carbocycles. The van der Waals surface area contributed by atoms with Crippen molar-refractivity contribution in [3.8, 4) is 6.07 Å². The van der Waals surface area contributed by atoms with Crippen molar-refractivity contribution in [3.63, 3.8) is 0 Å². The summed E-state index contributed by atoms with van der Waals surface area (Å²) in [5.74, 6) is -0.336. The molecule has 2 aliphatic rings. The van der Waals surface area contributed by atoms with Gasteiger partial charge in [0.1, 0.15) is 5.82 Å². The standard InChI is InChI=1S/C20H14Cl2FN3OS/c21-16-2-1-3-17(22)19(16)14-8-18(27)26-10-25(11-28-20(26)15(14)9-24)13-6-4-12(23)5-7-13/h1-7,14H,8,10-11H2/t14-/m0/s1. The van der Waals surface area contributed by atoms with Gasteiger partial charge >= 0.3 is 0 Å². The van der Waals surface area contributed by atoms with E-state index in [1.165, 1.54) is 23.9 Å². The van der Waals surface area contributed by atoms with Crippen LogP contribution in [0.25, 0.3) is 0 Å². The molecule has 0 bridgehead atoms. The molecule has 0 aromatic heterocycles. The molecule has 0 radical (unpaired) electrons. The number of nitriles is 1. The van der Waals surface area contributed by atoms with Crippen molar-refractivity contribution in [2.45, 2.75) is 12.3 Å². The fourth-order valence-corrected chi connectivity index (χ4v) is 5.30. The fraction of sp³-hybridized carbons (Fsp3) is 0.200. The number of halogens is 3. The monoisotopic (exact) mass is 433 g/mol. The van der Waals surface area contributed by atoms with Gasteiger partial charge in [-0.3, -0.25) is 9.69 Å². The smallest absolute Gasteiger partial charge is 0.229 e. The van der Waals surface area contributed by atoms with E-state index in [4.69, 9.17) is 23.2 Å². The summed E-state index contributed by atoms with van der Waals surface area (Å²) in [6.07, 6.45) is 0.119. The molecule has 28 heavy (non-hydrogen) atoms. The molecular formula is C20H14Cl2FN3OS. The highest BCUT2D eigenvalue weighted by atomic mass is 35.5. The first-order valence-corrected chi connectivity index (χ1v) is 10.3. The van der Waals surface area contributed by atoms with Gasteiger partial charge in [-0.25, -0.2) is 4.39 Å². The number of carbonyl (C=O) groups excluding carboxylic acids is 1. The van der Waals surface area contributed by atoms with Gasteiger partial charge in [0.2, 0.25) is 5.91 Å². The Labute approximate surface area is 176 Å². The minimum absolute atomic E-state index is 0.103. The average molecular weight is 434 g/mol. The van der Waals surface area contributed by atoms with E-state index in [1.54, 1.807) is 35.2 Å². The van der Waals surface area contributed by atoms with Crippen molar-refractivity contribution in [1.29, 1.82) is 5.26 Å². The zero-order chi connectivity index (χ0) is 19.8. The van der Waals surface area contributed by atoms with Crippen LogP contribution in [-0.2, 0) is 4.79 Å². The number of hydrogen-bond acceptors (Lipinski definition) is 4. The van der Waals surface area contributed by atoms with E-state index in [0.29, 0.717) is 38.8 Å². The molecule has 1 saturated heterocycles. The Hall–Kier alpha value is -2.20. The van der Waals surface area contributed by atoms with E-state index < -0.39 is 5.92 Å². The molecule has 8 heteroatoms. The highest BCUT2D eigenvalue weighted by Crippen LogP contribution is 2.46. The number of amides is 1. The van der Waals surface area contributed by atoms with Crippen LogP contribution in [0, 0.1) is 17.1 Å². The molecule has 2 heterocycles. The molecule has 0 spiro atoms. The lowest BCUT2D eigenvalue weighted by molar-refractivity contribution is -0.129. The van der Waals surface area contributed by atoms with Gasteiger partial charge in [-0.2, -0.15) is 5.26 Å². The van der Waals surface area contributed by atoms with Crippen molar-refractivity contribution >= 4 is 46.6 Å². The van der Waals surface area contributed by atoms with Gasteiger partial charge in [0, 0.05) is 28.1 Å². The number of benzene rings is 2. The molecule has 142 valence electrons. The second-order valence-electron chi connectivity index (χ2n) is 6.48. The van der Waals surface area contributed by atoms with E-state index in [2.05, 4.69) is 6.07 Å². The van der Waals surface area contributed by atoms with Gasteiger partial charge in [0.25, 0.3) is 0 Å². The number of thioether (sulfide) groups is 1. The maximum atomic E-state index is 13.2. The summed E-state index contributed by atoms with van der Waals surface area (Å²) < 4.78 is 13.2. The first-order chi connectivity index (χ1) is 13.5. The lowest BCUT2D eigenvalue weighted by atomic mass is 9.86. The van der Waals surface area contributed by atoms with Crippen LogP contribution in [0.15, 0.2) is 53.1 Å². The topological polar surface area (TPSA) is 47.3 Å². The number of fused-ring (bicyclic) bond motifs is 1. The summed E-state index contributed by atoms with van der Waals surface area (Å²) in [7, 11) is 0. The largest absolute Gasteiger partial charge is 0.344 e. The van der Waals surface area contributed by atoms with Gasteiger partial charge in [-0.1, -0.05) is 41.0 Å². The summed E-state index contributed by atoms with van der Waals surface area (Å²) in [5, 5.41) is 11.4. The van der Waals surface area contributed by atoms with E-state index in [0.717, 1.165) is 5.69 Å². The molecule has 0 unspecified atom stereocenters. The molecule has 2 aromatic carbocycles. The lowest BCUT2D eigenvalue weighted by Crippen LogP contribution is -2.47. The zero-order valence-electron chi connectivity index (χ0n) is 14.5. The molecule has 4 nitrogen and oxygen atoms in total. The van der Waals surface area contributed by atoms with Crippen LogP contribution < -0.4 is 4.90 Å². The molecule has 1 amide bonds. The minimum atomic E-state index is -0.463. The Kier molecular flexibility index (Phi) is 5.24. The second kappa shape index (κ2) is 7.67. The van der Waals surface area contributed by atoms with Crippen molar-refractivity contribution in [2.24, 2.45) is 0 Å². The fourth-order valence-electron chi connectivity index (χ4n) is 3.47. The normalized spacial score (nSPS) is 19.5. The second-order valence-corrected chi connectivity index (χ2v) is 8.22. The van der Waals surface area contributed by atoms with Gasteiger partial charge < -0.3 is 4.90 Å². The van der Waals surface area contributed by atoms with Crippen LogP contribution in [0.4, 0.5) is 10.1 Å². The molecule has 1 atom stereocenters. The Morgan fingerprint density at radius 3 is 2.46 bits per heavy atom.